The molecule has 0 saturated carbocycles. The second-order valence-electron chi connectivity index (χ2n) is 6.21. The van der Waals surface area contributed by atoms with Crippen molar-refractivity contribution in [2.75, 3.05) is 31.9 Å². The third-order valence-electron chi connectivity index (χ3n) is 4.43. The van der Waals surface area contributed by atoms with Gasteiger partial charge in [0.1, 0.15) is 0 Å². The van der Waals surface area contributed by atoms with Crippen molar-refractivity contribution >= 4 is 51.6 Å². The first-order valence-electron chi connectivity index (χ1n) is 8.49. The van der Waals surface area contributed by atoms with Gasteiger partial charge in [0.05, 0.1) is 21.1 Å². The third kappa shape index (κ3) is 4.23. The molecule has 0 atom stereocenters. The van der Waals surface area contributed by atoms with Gasteiger partial charge in [-0.3, -0.25) is 9.69 Å². The van der Waals surface area contributed by atoms with Crippen LogP contribution in [0.3, 0.4) is 0 Å². The summed E-state index contributed by atoms with van der Waals surface area (Å²) in [7, 11) is 0. The number of amides is 1. The average Bonchev–Trinajstić information content (AvgIpc) is 3.25. The van der Waals surface area contributed by atoms with Gasteiger partial charge in [-0.1, -0.05) is 35.5 Å². The number of para-hydroxylation sites is 2. The Morgan fingerprint density at radius 3 is 2.73 bits per heavy atom. The minimum atomic E-state index is 0.175. The Balaban J connectivity index is 1.25. The Labute approximate surface area is 165 Å². The molecular formula is C18H19ClN4OS2. The van der Waals surface area contributed by atoms with Crippen LogP contribution in [0.4, 0.5) is 0 Å². The highest BCUT2D eigenvalue weighted by atomic mass is 35.5. The fourth-order valence-corrected chi connectivity index (χ4v) is 4.95. The zero-order chi connectivity index (χ0) is 17.9. The Hall–Kier alpha value is -1.54. The molecule has 3 heterocycles. The number of carbonyl (C=O) groups is 1. The van der Waals surface area contributed by atoms with E-state index in [9.17, 15) is 4.79 Å². The first kappa shape index (κ1) is 17.9. The van der Waals surface area contributed by atoms with E-state index in [-0.39, 0.29) is 5.91 Å². The number of carbonyl (C=O) groups excluding carboxylic acids is 1. The number of thiophene rings is 1. The quantitative estimate of drug-likeness (QED) is 0.656. The molecule has 0 bridgehead atoms. The summed E-state index contributed by atoms with van der Waals surface area (Å²) in [6.45, 7) is 4.26. The maximum absolute atomic E-state index is 12.5. The Morgan fingerprint density at radius 2 is 2.00 bits per heavy atom. The highest BCUT2D eigenvalue weighted by molar-refractivity contribution is 7.99. The van der Waals surface area contributed by atoms with Crippen molar-refractivity contribution in [2.45, 2.75) is 11.7 Å². The number of rotatable bonds is 5. The Morgan fingerprint density at radius 1 is 1.19 bits per heavy atom. The van der Waals surface area contributed by atoms with Crippen LogP contribution in [0.25, 0.3) is 11.0 Å². The van der Waals surface area contributed by atoms with E-state index >= 15 is 0 Å². The van der Waals surface area contributed by atoms with E-state index in [0.717, 1.165) is 53.2 Å². The number of imidazole rings is 1. The summed E-state index contributed by atoms with van der Waals surface area (Å²) in [6, 6.07) is 11.9. The molecule has 0 spiro atoms. The Bertz CT molecular complexity index is 868. The average molecular weight is 407 g/mol. The standard InChI is InChI=1S/C18H19ClN4OS2/c19-16-6-5-13(26-16)11-22-7-9-23(10-8-22)17(24)12-25-18-20-14-3-1-2-4-15(14)21-18/h1-6H,7-12H2,(H,20,21). The number of thioether (sulfide) groups is 1. The predicted octanol–water partition coefficient (Wildman–Crippen LogP) is 3.71. The highest BCUT2D eigenvalue weighted by Gasteiger charge is 2.21. The van der Waals surface area contributed by atoms with Crippen molar-refractivity contribution < 1.29 is 4.79 Å². The summed E-state index contributed by atoms with van der Waals surface area (Å²) >= 11 is 9.09. The minimum Gasteiger partial charge on any atom is -0.339 e. The Kier molecular flexibility index (Phi) is 5.49. The molecule has 1 N–H and O–H groups in total. The van der Waals surface area contributed by atoms with Gasteiger partial charge in [-0.25, -0.2) is 4.98 Å². The number of aromatic nitrogens is 2. The number of H-pyrrole nitrogens is 1. The number of hydrogen-bond acceptors (Lipinski definition) is 5. The molecule has 3 aromatic rings. The second kappa shape index (κ2) is 8.00. The van der Waals surface area contributed by atoms with Gasteiger partial charge < -0.3 is 9.88 Å². The molecule has 1 saturated heterocycles. The fraction of sp³-hybridized carbons (Fsp3) is 0.333. The number of aromatic amines is 1. The highest BCUT2D eigenvalue weighted by Crippen LogP contribution is 2.23. The number of halogens is 1. The molecule has 0 aliphatic carbocycles. The van der Waals surface area contributed by atoms with Crippen LogP contribution in [0, 0.1) is 0 Å². The van der Waals surface area contributed by atoms with Crippen LogP contribution in [0.15, 0.2) is 41.6 Å². The summed E-state index contributed by atoms with van der Waals surface area (Å²) in [4.78, 5) is 25.8. The minimum absolute atomic E-state index is 0.175. The van der Waals surface area contributed by atoms with Gasteiger partial charge in [-0.05, 0) is 24.3 Å². The maximum atomic E-state index is 12.5. The molecule has 0 radical (unpaired) electrons. The van der Waals surface area contributed by atoms with Gasteiger partial charge in [0.15, 0.2) is 5.16 Å². The maximum Gasteiger partial charge on any atom is 0.233 e. The SMILES string of the molecule is O=C(CSc1nc2ccccc2[nH]1)N1CCN(Cc2ccc(Cl)s2)CC1. The molecular weight excluding hydrogens is 388 g/mol. The van der Waals surface area contributed by atoms with Crippen molar-refractivity contribution in [1.82, 2.24) is 19.8 Å². The smallest absolute Gasteiger partial charge is 0.233 e. The lowest BCUT2D eigenvalue weighted by atomic mass is 10.3. The van der Waals surface area contributed by atoms with Crippen LogP contribution in [0.1, 0.15) is 4.88 Å². The number of nitrogens with zero attached hydrogens (tertiary/aromatic N) is 3. The first-order chi connectivity index (χ1) is 12.7. The van der Waals surface area contributed by atoms with Crippen LogP contribution in [0.2, 0.25) is 4.34 Å². The normalized spacial score (nSPS) is 15.7. The van der Waals surface area contributed by atoms with E-state index in [0.29, 0.717) is 5.75 Å². The van der Waals surface area contributed by atoms with Gasteiger partial charge in [0.25, 0.3) is 0 Å². The van der Waals surface area contributed by atoms with E-state index in [1.807, 2.05) is 35.2 Å². The molecule has 5 nitrogen and oxygen atoms in total. The summed E-state index contributed by atoms with van der Waals surface area (Å²) in [5.74, 6) is 0.592. The lowest BCUT2D eigenvalue weighted by molar-refractivity contribution is -0.130. The van der Waals surface area contributed by atoms with Gasteiger partial charge in [-0.15, -0.1) is 11.3 Å². The summed E-state index contributed by atoms with van der Waals surface area (Å²) in [5.41, 5.74) is 1.94. The largest absolute Gasteiger partial charge is 0.339 e. The van der Waals surface area contributed by atoms with Crippen molar-refractivity contribution in [1.29, 1.82) is 0 Å². The molecule has 4 rings (SSSR count). The summed E-state index contributed by atoms with van der Waals surface area (Å²) < 4.78 is 0.830. The van der Waals surface area contributed by atoms with Crippen LogP contribution < -0.4 is 0 Å². The molecule has 136 valence electrons. The topological polar surface area (TPSA) is 52.2 Å². The van der Waals surface area contributed by atoms with Crippen molar-refractivity contribution in [3.05, 3.63) is 45.6 Å². The van der Waals surface area contributed by atoms with Gasteiger partial charge in [0.2, 0.25) is 5.91 Å². The van der Waals surface area contributed by atoms with Gasteiger partial charge in [0, 0.05) is 37.6 Å². The lowest BCUT2D eigenvalue weighted by Gasteiger charge is -2.34. The van der Waals surface area contributed by atoms with Crippen LogP contribution in [0.5, 0.6) is 0 Å². The summed E-state index contributed by atoms with van der Waals surface area (Å²) in [6.07, 6.45) is 0. The number of fused-ring (bicyclic) bond motifs is 1. The van der Waals surface area contributed by atoms with Crippen LogP contribution in [-0.2, 0) is 11.3 Å². The molecule has 26 heavy (non-hydrogen) atoms. The van der Waals surface area contributed by atoms with E-state index in [1.165, 1.54) is 16.6 Å². The van der Waals surface area contributed by atoms with Gasteiger partial charge in [-0.2, -0.15) is 0 Å². The van der Waals surface area contributed by atoms with E-state index < -0.39 is 0 Å². The first-order valence-corrected chi connectivity index (χ1v) is 10.7. The second-order valence-corrected chi connectivity index (χ2v) is 8.97. The van der Waals surface area contributed by atoms with Crippen molar-refractivity contribution in [3.8, 4) is 0 Å². The van der Waals surface area contributed by atoms with Crippen molar-refractivity contribution in [3.63, 3.8) is 0 Å². The zero-order valence-electron chi connectivity index (χ0n) is 14.2. The molecule has 1 aliphatic heterocycles. The number of hydrogen-bond donors (Lipinski definition) is 1. The third-order valence-corrected chi connectivity index (χ3v) is 6.51. The van der Waals surface area contributed by atoms with E-state index in [4.69, 9.17) is 11.6 Å². The van der Waals surface area contributed by atoms with Crippen LogP contribution >= 0.6 is 34.7 Å². The molecule has 1 aliphatic rings. The molecule has 0 unspecified atom stereocenters. The van der Waals surface area contributed by atoms with Crippen molar-refractivity contribution in [2.24, 2.45) is 0 Å². The molecule has 1 fully saturated rings. The van der Waals surface area contributed by atoms with E-state index in [2.05, 4.69) is 20.9 Å². The molecule has 2 aromatic heterocycles. The molecule has 8 heteroatoms. The fourth-order valence-electron chi connectivity index (χ4n) is 3.03. The number of benzene rings is 1. The summed E-state index contributed by atoms with van der Waals surface area (Å²) in [5, 5.41) is 0.799. The monoisotopic (exact) mass is 406 g/mol. The van der Waals surface area contributed by atoms with Crippen LogP contribution in [-0.4, -0.2) is 57.6 Å². The zero-order valence-corrected chi connectivity index (χ0v) is 16.5. The molecule has 1 amide bonds. The lowest BCUT2D eigenvalue weighted by Crippen LogP contribution is -2.48. The molecule has 1 aromatic carbocycles. The van der Waals surface area contributed by atoms with E-state index in [1.54, 1.807) is 11.3 Å². The van der Waals surface area contributed by atoms with Gasteiger partial charge >= 0.3 is 0 Å². The number of nitrogens with one attached hydrogen (secondary N) is 1. The number of piperazine rings is 1. The predicted molar refractivity (Wildman–Crippen MR) is 108 cm³/mol.